The molecule has 2 saturated carbocycles. The van der Waals surface area contributed by atoms with Gasteiger partial charge in [-0.05, 0) is 37.3 Å². The molecule has 3 rings (SSSR count). The van der Waals surface area contributed by atoms with E-state index in [1.54, 1.807) is 0 Å². The molecule has 0 aromatic heterocycles. The van der Waals surface area contributed by atoms with Crippen molar-refractivity contribution < 1.29 is 4.74 Å². The lowest BCUT2D eigenvalue weighted by atomic mass is 10.1. The standard InChI is InChI=1S/C18H26BrNO/c19-17-10-6-5-9-16(17)18(13-20-14-11-12-14)21-15-7-3-1-2-4-8-15/h5-6,9-10,14-15,18,20H,1-4,7-8,11-13H2. The largest absolute Gasteiger partial charge is 0.369 e. The number of benzene rings is 1. The summed E-state index contributed by atoms with van der Waals surface area (Å²) in [7, 11) is 0. The third-order valence-electron chi connectivity index (χ3n) is 4.58. The summed E-state index contributed by atoms with van der Waals surface area (Å²) in [5.74, 6) is 0. The molecule has 0 bridgehead atoms. The third-order valence-corrected chi connectivity index (χ3v) is 5.30. The van der Waals surface area contributed by atoms with Gasteiger partial charge in [0.25, 0.3) is 0 Å². The average molecular weight is 352 g/mol. The molecule has 0 heterocycles. The number of nitrogens with one attached hydrogen (secondary N) is 1. The van der Waals surface area contributed by atoms with Gasteiger partial charge >= 0.3 is 0 Å². The molecule has 0 aliphatic heterocycles. The lowest BCUT2D eigenvalue weighted by Gasteiger charge is -2.26. The first kappa shape index (κ1) is 15.5. The number of hydrogen-bond acceptors (Lipinski definition) is 2. The molecule has 1 aromatic carbocycles. The normalized spacial score (nSPS) is 22.0. The second kappa shape index (κ2) is 7.75. The van der Waals surface area contributed by atoms with E-state index < -0.39 is 0 Å². The summed E-state index contributed by atoms with van der Waals surface area (Å²) in [5.41, 5.74) is 1.29. The summed E-state index contributed by atoms with van der Waals surface area (Å²) < 4.78 is 7.69. The summed E-state index contributed by atoms with van der Waals surface area (Å²) in [6, 6.07) is 9.23. The Balaban J connectivity index is 1.66. The smallest absolute Gasteiger partial charge is 0.0963 e. The molecule has 1 aromatic rings. The molecule has 3 heteroatoms. The van der Waals surface area contributed by atoms with Gasteiger partial charge < -0.3 is 10.1 Å². The highest BCUT2D eigenvalue weighted by atomic mass is 79.9. The first-order valence-electron chi connectivity index (χ1n) is 8.46. The molecule has 0 amide bonds. The van der Waals surface area contributed by atoms with Gasteiger partial charge in [0, 0.05) is 17.1 Å². The maximum absolute atomic E-state index is 6.52. The maximum atomic E-state index is 6.52. The van der Waals surface area contributed by atoms with Crippen LogP contribution in [0, 0.1) is 0 Å². The van der Waals surface area contributed by atoms with Crippen LogP contribution < -0.4 is 5.32 Å². The zero-order valence-electron chi connectivity index (χ0n) is 12.7. The first-order chi connectivity index (χ1) is 10.3. The van der Waals surface area contributed by atoms with Crippen LogP contribution in [-0.4, -0.2) is 18.7 Å². The van der Waals surface area contributed by atoms with Crippen LogP contribution in [0.4, 0.5) is 0 Å². The van der Waals surface area contributed by atoms with Crippen molar-refractivity contribution >= 4 is 15.9 Å². The van der Waals surface area contributed by atoms with E-state index in [1.807, 2.05) is 0 Å². The molecule has 2 fully saturated rings. The van der Waals surface area contributed by atoms with E-state index in [4.69, 9.17) is 4.74 Å². The average Bonchev–Trinajstić information content (AvgIpc) is 3.32. The highest BCUT2D eigenvalue weighted by Gasteiger charge is 2.25. The van der Waals surface area contributed by atoms with Crippen molar-refractivity contribution in [2.75, 3.05) is 6.54 Å². The molecular formula is C18H26BrNO. The van der Waals surface area contributed by atoms with Crippen LogP contribution in [0.25, 0.3) is 0 Å². The van der Waals surface area contributed by atoms with E-state index in [-0.39, 0.29) is 6.10 Å². The van der Waals surface area contributed by atoms with Crippen LogP contribution >= 0.6 is 15.9 Å². The maximum Gasteiger partial charge on any atom is 0.0963 e. The Morgan fingerprint density at radius 3 is 2.43 bits per heavy atom. The SMILES string of the molecule is Brc1ccccc1C(CNC1CC1)OC1CCCCCC1. The summed E-state index contributed by atoms with van der Waals surface area (Å²) in [6.45, 7) is 0.934. The Hall–Kier alpha value is -0.380. The van der Waals surface area contributed by atoms with E-state index in [0.29, 0.717) is 6.10 Å². The van der Waals surface area contributed by atoms with Gasteiger partial charge in [0.1, 0.15) is 0 Å². The second-order valence-electron chi connectivity index (χ2n) is 6.44. The van der Waals surface area contributed by atoms with Crippen LogP contribution in [0.15, 0.2) is 28.7 Å². The van der Waals surface area contributed by atoms with Crippen LogP contribution in [-0.2, 0) is 4.74 Å². The third kappa shape index (κ3) is 4.80. The van der Waals surface area contributed by atoms with E-state index in [2.05, 4.69) is 45.5 Å². The number of hydrogen-bond donors (Lipinski definition) is 1. The van der Waals surface area contributed by atoms with Gasteiger partial charge in [-0.2, -0.15) is 0 Å². The molecule has 21 heavy (non-hydrogen) atoms. The molecular weight excluding hydrogens is 326 g/mol. The van der Waals surface area contributed by atoms with Crippen LogP contribution in [0.2, 0.25) is 0 Å². The minimum atomic E-state index is 0.171. The van der Waals surface area contributed by atoms with Crippen molar-refractivity contribution in [2.45, 2.75) is 69.6 Å². The minimum Gasteiger partial charge on any atom is -0.369 e. The molecule has 2 aliphatic rings. The van der Waals surface area contributed by atoms with Gasteiger partial charge in [0.15, 0.2) is 0 Å². The van der Waals surface area contributed by atoms with Crippen molar-refractivity contribution in [3.8, 4) is 0 Å². The molecule has 0 saturated heterocycles. The fourth-order valence-corrected chi connectivity index (χ4v) is 3.68. The van der Waals surface area contributed by atoms with Gasteiger partial charge in [0.2, 0.25) is 0 Å². The monoisotopic (exact) mass is 351 g/mol. The summed E-state index contributed by atoms with van der Waals surface area (Å²) in [5, 5.41) is 3.64. The van der Waals surface area contributed by atoms with Gasteiger partial charge in [-0.25, -0.2) is 0 Å². The Bertz CT molecular complexity index is 439. The first-order valence-corrected chi connectivity index (χ1v) is 9.25. The van der Waals surface area contributed by atoms with E-state index in [0.717, 1.165) is 12.6 Å². The Labute approximate surface area is 136 Å². The van der Waals surface area contributed by atoms with Crippen molar-refractivity contribution in [3.05, 3.63) is 34.3 Å². The predicted molar refractivity (Wildman–Crippen MR) is 90.5 cm³/mol. The van der Waals surface area contributed by atoms with Gasteiger partial charge in [-0.1, -0.05) is 59.8 Å². The van der Waals surface area contributed by atoms with Crippen LogP contribution in [0.3, 0.4) is 0 Å². The summed E-state index contributed by atoms with van der Waals surface area (Å²) >= 11 is 3.69. The van der Waals surface area contributed by atoms with E-state index in [9.17, 15) is 0 Å². The van der Waals surface area contributed by atoms with E-state index in [1.165, 1.54) is 61.4 Å². The molecule has 2 aliphatic carbocycles. The zero-order chi connectivity index (χ0) is 14.5. The van der Waals surface area contributed by atoms with Crippen molar-refractivity contribution in [1.29, 1.82) is 0 Å². The lowest BCUT2D eigenvalue weighted by molar-refractivity contribution is -0.0206. The quantitative estimate of drug-likeness (QED) is 0.729. The van der Waals surface area contributed by atoms with Crippen LogP contribution in [0.5, 0.6) is 0 Å². The van der Waals surface area contributed by atoms with Crippen molar-refractivity contribution in [1.82, 2.24) is 5.32 Å². The number of ether oxygens (including phenoxy) is 1. The summed E-state index contributed by atoms with van der Waals surface area (Å²) in [4.78, 5) is 0. The Morgan fingerprint density at radius 1 is 1.05 bits per heavy atom. The Morgan fingerprint density at radius 2 is 1.76 bits per heavy atom. The topological polar surface area (TPSA) is 21.3 Å². The molecule has 2 nitrogen and oxygen atoms in total. The molecule has 0 radical (unpaired) electrons. The molecule has 0 spiro atoms. The molecule has 1 unspecified atom stereocenters. The predicted octanol–water partition coefficient (Wildman–Crippen LogP) is 4.98. The van der Waals surface area contributed by atoms with E-state index >= 15 is 0 Å². The minimum absolute atomic E-state index is 0.171. The number of rotatable bonds is 6. The number of halogens is 1. The van der Waals surface area contributed by atoms with Crippen molar-refractivity contribution in [3.63, 3.8) is 0 Å². The lowest BCUT2D eigenvalue weighted by Crippen LogP contribution is -2.28. The second-order valence-corrected chi connectivity index (χ2v) is 7.30. The fourth-order valence-electron chi connectivity index (χ4n) is 3.14. The molecule has 1 atom stereocenters. The summed E-state index contributed by atoms with van der Waals surface area (Å²) in [6.07, 6.45) is 11.1. The van der Waals surface area contributed by atoms with Crippen LogP contribution in [0.1, 0.15) is 63.0 Å². The van der Waals surface area contributed by atoms with Gasteiger partial charge in [-0.15, -0.1) is 0 Å². The fraction of sp³-hybridized carbons (Fsp3) is 0.667. The molecule has 1 N–H and O–H groups in total. The Kier molecular flexibility index (Phi) is 5.73. The highest BCUT2D eigenvalue weighted by Crippen LogP contribution is 2.31. The highest BCUT2D eigenvalue weighted by molar-refractivity contribution is 9.10. The zero-order valence-corrected chi connectivity index (χ0v) is 14.3. The molecule has 116 valence electrons. The van der Waals surface area contributed by atoms with Gasteiger partial charge in [0.05, 0.1) is 12.2 Å². The van der Waals surface area contributed by atoms with Gasteiger partial charge in [-0.3, -0.25) is 0 Å². The van der Waals surface area contributed by atoms with Crippen molar-refractivity contribution in [2.24, 2.45) is 0 Å².